The number of carbonyl (C=O) groups excluding carboxylic acids is 1. The van der Waals surface area contributed by atoms with E-state index in [9.17, 15) is 9.18 Å². The number of hydrogen-bond acceptors (Lipinski definition) is 4. The lowest BCUT2D eigenvalue weighted by Crippen LogP contribution is -2.48. The average Bonchev–Trinajstić information content (AvgIpc) is 3.01. The number of benzene rings is 1. The van der Waals surface area contributed by atoms with Crippen molar-refractivity contribution in [3.8, 4) is 0 Å². The molecular formula is C15H16FN3OS. The largest absolute Gasteiger partial charge is 0.345 e. The molecule has 1 aliphatic rings. The molecule has 1 aliphatic heterocycles. The lowest BCUT2D eigenvalue weighted by atomic mass is 10.1. The van der Waals surface area contributed by atoms with Gasteiger partial charge >= 0.3 is 0 Å². The molecule has 0 unspecified atom stereocenters. The fourth-order valence-corrected chi connectivity index (χ4v) is 3.21. The molecule has 2 aromatic rings. The smallest absolute Gasteiger partial charge is 0.254 e. The fraction of sp³-hybridized carbons (Fsp3) is 0.333. The van der Waals surface area contributed by atoms with Gasteiger partial charge in [0.2, 0.25) is 0 Å². The van der Waals surface area contributed by atoms with Crippen LogP contribution in [0.15, 0.2) is 29.8 Å². The van der Waals surface area contributed by atoms with Gasteiger partial charge in [-0.05, 0) is 30.7 Å². The summed E-state index contributed by atoms with van der Waals surface area (Å²) in [5.41, 5.74) is 1.27. The normalized spacial score (nSPS) is 15.3. The van der Waals surface area contributed by atoms with Crippen LogP contribution in [-0.4, -0.2) is 42.0 Å². The summed E-state index contributed by atoms with van der Waals surface area (Å²) in [5, 5.41) is 2.95. The molecule has 6 heteroatoms. The standard InChI is InChI=1S/C15H16FN3OS/c1-11-10-12(16)2-3-13(11)14(20)18-5-7-19(8-6-18)15-17-4-9-21-15/h2-4,9-10H,5-8H2,1H3. The van der Waals surface area contributed by atoms with Crippen molar-refractivity contribution in [2.45, 2.75) is 6.92 Å². The topological polar surface area (TPSA) is 36.4 Å². The van der Waals surface area contributed by atoms with E-state index in [2.05, 4.69) is 9.88 Å². The van der Waals surface area contributed by atoms with Crippen LogP contribution in [0.25, 0.3) is 0 Å². The van der Waals surface area contributed by atoms with Gasteiger partial charge in [0.25, 0.3) is 5.91 Å². The molecule has 4 nitrogen and oxygen atoms in total. The maximum Gasteiger partial charge on any atom is 0.254 e. The van der Waals surface area contributed by atoms with Crippen molar-refractivity contribution >= 4 is 22.4 Å². The minimum absolute atomic E-state index is 0.0220. The Morgan fingerprint density at radius 2 is 2.05 bits per heavy atom. The summed E-state index contributed by atoms with van der Waals surface area (Å²) < 4.78 is 13.1. The van der Waals surface area contributed by atoms with Crippen LogP contribution in [-0.2, 0) is 0 Å². The predicted octanol–water partition coefficient (Wildman–Crippen LogP) is 2.55. The molecule has 0 bridgehead atoms. The lowest BCUT2D eigenvalue weighted by Gasteiger charge is -2.34. The highest BCUT2D eigenvalue weighted by Crippen LogP contribution is 2.20. The number of halogens is 1. The summed E-state index contributed by atoms with van der Waals surface area (Å²) in [6, 6.07) is 4.31. The van der Waals surface area contributed by atoms with E-state index in [0.717, 1.165) is 18.2 Å². The van der Waals surface area contributed by atoms with Gasteiger partial charge in [0, 0.05) is 43.3 Å². The minimum atomic E-state index is -0.308. The summed E-state index contributed by atoms with van der Waals surface area (Å²) in [5.74, 6) is -0.330. The van der Waals surface area contributed by atoms with Crippen molar-refractivity contribution in [2.24, 2.45) is 0 Å². The van der Waals surface area contributed by atoms with Gasteiger partial charge < -0.3 is 9.80 Å². The molecule has 110 valence electrons. The van der Waals surface area contributed by atoms with Crippen LogP contribution in [0.5, 0.6) is 0 Å². The van der Waals surface area contributed by atoms with Crippen molar-refractivity contribution in [1.82, 2.24) is 9.88 Å². The third-order valence-electron chi connectivity index (χ3n) is 3.68. The zero-order valence-corrected chi connectivity index (χ0v) is 12.6. The SMILES string of the molecule is Cc1cc(F)ccc1C(=O)N1CCN(c2nccs2)CC1. The molecule has 0 aliphatic carbocycles. The highest BCUT2D eigenvalue weighted by atomic mass is 32.1. The molecule has 3 rings (SSSR count). The first-order valence-corrected chi connectivity index (χ1v) is 7.73. The van der Waals surface area contributed by atoms with E-state index in [4.69, 9.17) is 0 Å². The lowest BCUT2D eigenvalue weighted by molar-refractivity contribution is 0.0746. The fourth-order valence-electron chi connectivity index (χ4n) is 2.51. The Labute approximate surface area is 126 Å². The molecular weight excluding hydrogens is 289 g/mol. The van der Waals surface area contributed by atoms with Crippen LogP contribution in [0.1, 0.15) is 15.9 Å². The van der Waals surface area contributed by atoms with Crippen molar-refractivity contribution in [3.05, 3.63) is 46.7 Å². The van der Waals surface area contributed by atoms with Crippen molar-refractivity contribution in [1.29, 1.82) is 0 Å². The molecule has 0 radical (unpaired) electrons. The van der Waals surface area contributed by atoms with Gasteiger partial charge in [-0.25, -0.2) is 9.37 Å². The Morgan fingerprint density at radius 1 is 1.29 bits per heavy atom. The Morgan fingerprint density at radius 3 is 2.67 bits per heavy atom. The van der Waals surface area contributed by atoms with Gasteiger partial charge in [-0.15, -0.1) is 11.3 Å². The van der Waals surface area contributed by atoms with Crippen LogP contribution < -0.4 is 4.90 Å². The molecule has 1 saturated heterocycles. The molecule has 21 heavy (non-hydrogen) atoms. The number of rotatable bonds is 2. The minimum Gasteiger partial charge on any atom is -0.345 e. The molecule has 1 fully saturated rings. The zero-order valence-electron chi connectivity index (χ0n) is 11.8. The van der Waals surface area contributed by atoms with Crippen LogP contribution in [0.3, 0.4) is 0 Å². The summed E-state index contributed by atoms with van der Waals surface area (Å²) >= 11 is 1.61. The first kappa shape index (κ1) is 14.0. The maximum absolute atomic E-state index is 13.1. The molecule has 0 spiro atoms. The average molecular weight is 305 g/mol. The molecule has 2 heterocycles. The van der Waals surface area contributed by atoms with Crippen LogP contribution in [0, 0.1) is 12.7 Å². The number of aryl methyl sites for hydroxylation is 1. The predicted molar refractivity (Wildman–Crippen MR) is 81.4 cm³/mol. The highest BCUT2D eigenvalue weighted by molar-refractivity contribution is 7.13. The molecule has 0 N–H and O–H groups in total. The third-order valence-corrected chi connectivity index (χ3v) is 4.51. The van der Waals surface area contributed by atoms with E-state index < -0.39 is 0 Å². The van der Waals surface area contributed by atoms with Crippen molar-refractivity contribution in [3.63, 3.8) is 0 Å². The van der Waals surface area contributed by atoms with Crippen molar-refractivity contribution < 1.29 is 9.18 Å². The number of anilines is 1. The highest BCUT2D eigenvalue weighted by Gasteiger charge is 2.24. The molecule has 0 atom stereocenters. The zero-order chi connectivity index (χ0) is 14.8. The Kier molecular flexibility index (Phi) is 3.88. The molecule has 1 aromatic carbocycles. The number of carbonyl (C=O) groups is 1. The van der Waals surface area contributed by atoms with Gasteiger partial charge in [-0.3, -0.25) is 4.79 Å². The number of piperazine rings is 1. The van der Waals surface area contributed by atoms with E-state index in [-0.39, 0.29) is 11.7 Å². The van der Waals surface area contributed by atoms with Gasteiger partial charge in [0.1, 0.15) is 5.82 Å². The Bertz CT molecular complexity index is 636. The van der Waals surface area contributed by atoms with E-state index >= 15 is 0 Å². The Balaban J connectivity index is 1.67. The van der Waals surface area contributed by atoms with Crippen LogP contribution >= 0.6 is 11.3 Å². The molecule has 1 amide bonds. The number of hydrogen-bond donors (Lipinski definition) is 0. The third kappa shape index (κ3) is 2.90. The quantitative estimate of drug-likeness (QED) is 0.855. The Hall–Kier alpha value is -1.95. The second kappa shape index (κ2) is 5.81. The van der Waals surface area contributed by atoms with E-state index in [1.807, 2.05) is 10.3 Å². The van der Waals surface area contributed by atoms with E-state index in [1.165, 1.54) is 12.1 Å². The number of amides is 1. The number of thiazole rings is 1. The first-order chi connectivity index (χ1) is 10.1. The maximum atomic E-state index is 13.1. The van der Waals surface area contributed by atoms with Crippen molar-refractivity contribution in [2.75, 3.05) is 31.1 Å². The second-order valence-electron chi connectivity index (χ2n) is 5.05. The monoisotopic (exact) mass is 305 g/mol. The number of nitrogens with zero attached hydrogens (tertiary/aromatic N) is 3. The van der Waals surface area contributed by atoms with Gasteiger partial charge in [-0.2, -0.15) is 0 Å². The van der Waals surface area contributed by atoms with E-state index in [0.29, 0.717) is 24.2 Å². The van der Waals surface area contributed by atoms with E-state index in [1.54, 1.807) is 30.5 Å². The summed E-state index contributed by atoms with van der Waals surface area (Å²) in [6.07, 6.45) is 1.79. The first-order valence-electron chi connectivity index (χ1n) is 6.85. The molecule has 0 saturated carbocycles. The van der Waals surface area contributed by atoms with Crippen LogP contribution in [0.2, 0.25) is 0 Å². The summed E-state index contributed by atoms with van der Waals surface area (Å²) in [6.45, 7) is 4.64. The van der Waals surface area contributed by atoms with Gasteiger partial charge in [0.05, 0.1) is 0 Å². The second-order valence-corrected chi connectivity index (χ2v) is 5.93. The van der Waals surface area contributed by atoms with Gasteiger partial charge in [0.15, 0.2) is 5.13 Å². The summed E-state index contributed by atoms with van der Waals surface area (Å²) in [4.78, 5) is 20.8. The number of aromatic nitrogens is 1. The molecule has 1 aromatic heterocycles. The van der Waals surface area contributed by atoms with Crippen LogP contribution in [0.4, 0.5) is 9.52 Å². The van der Waals surface area contributed by atoms with Gasteiger partial charge in [-0.1, -0.05) is 0 Å². The summed E-state index contributed by atoms with van der Waals surface area (Å²) in [7, 11) is 0.